The molecule has 0 atom stereocenters. The number of nitrogens with one attached hydrogen (secondary N) is 2. The van der Waals surface area contributed by atoms with Crippen LogP contribution >= 0.6 is 0 Å². The lowest BCUT2D eigenvalue weighted by Crippen LogP contribution is -2.30. The summed E-state index contributed by atoms with van der Waals surface area (Å²) in [5.74, 6) is 1.75. The number of anilines is 3. The molecule has 0 aromatic carbocycles. The second-order valence-corrected chi connectivity index (χ2v) is 6.05. The second kappa shape index (κ2) is 6.77. The number of pyridine rings is 2. The third-order valence-corrected chi connectivity index (χ3v) is 4.22. The summed E-state index contributed by atoms with van der Waals surface area (Å²) < 4.78 is 0. The number of hydrogen-bond donors (Lipinski definition) is 2. The maximum Gasteiger partial charge on any atom is 0.139 e. The number of aryl methyl sites for hydroxylation is 1. The van der Waals surface area contributed by atoms with E-state index in [1.807, 2.05) is 25.3 Å². The molecule has 1 fully saturated rings. The first-order valence-electron chi connectivity index (χ1n) is 8.14. The number of rotatable bonds is 4. The molecule has 2 aromatic heterocycles. The van der Waals surface area contributed by atoms with Crippen molar-refractivity contribution in [3.8, 4) is 0 Å². The van der Waals surface area contributed by atoms with Crippen LogP contribution in [-0.2, 0) is 0 Å². The van der Waals surface area contributed by atoms with Gasteiger partial charge in [-0.15, -0.1) is 0 Å². The van der Waals surface area contributed by atoms with Crippen LogP contribution in [-0.4, -0.2) is 28.8 Å². The van der Waals surface area contributed by atoms with Crippen LogP contribution in [0, 0.1) is 12.3 Å². The van der Waals surface area contributed by atoms with Gasteiger partial charge < -0.3 is 15.6 Å². The van der Waals surface area contributed by atoms with Crippen molar-refractivity contribution in [2.45, 2.75) is 33.1 Å². The highest BCUT2D eigenvalue weighted by molar-refractivity contribution is 6.02. The minimum Gasteiger partial charge on any atom is -0.357 e. The molecule has 0 unspecified atom stereocenters. The van der Waals surface area contributed by atoms with Crippen molar-refractivity contribution in [2.75, 3.05) is 23.3 Å². The Morgan fingerprint density at radius 2 is 1.91 bits per heavy atom. The Kier molecular flexibility index (Phi) is 4.55. The van der Waals surface area contributed by atoms with Gasteiger partial charge in [0.1, 0.15) is 11.6 Å². The molecule has 2 aromatic rings. The van der Waals surface area contributed by atoms with Gasteiger partial charge in [0.25, 0.3) is 0 Å². The molecule has 1 aliphatic heterocycles. The Bertz CT molecular complexity index is 687. The van der Waals surface area contributed by atoms with E-state index in [9.17, 15) is 0 Å². The van der Waals surface area contributed by atoms with Gasteiger partial charge in [-0.25, -0.2) is 9.97 Å². The molecule has 0 bridgehead atoms. The van der Waals surface area contributed by atoms with Gasteiger partial charge in [-0.3, -0.25) is 0 Å². The molecule has 0 saturated carbocycles. The summed E-state index contributed by atoms with van der Waals surface area (Å²) in [6.45, 7) is 5.97. The summed E-state index contributed by atoms with van der Waals surface area (Å²) in [5, 5.41) is 11.2. The highest BCUT2D eigenvalue weighted by atomic mass is 15.2. The third kappa shape index (κ3) is 3.50. The molecule has 0 radical (unpaired) electrons. The molecule has 23 heavy (non-hydrogen) atoms. The molecule has 1 aliphatic rings. The minimum atomic E-state index is 0.510. The summed E-state index contributed by atoms with van der Waals surface area (Å²) in [6.07, 6.45) is 7.42. The fourth-order valence-corrected chi connectivity index (χ4v) is 3.03. The monoisotopic (exact) mass is 309 g/mol. The standard InChI is InChI=1S/C18H23N5/c1-13-8-9-20-18(17(13)14(2)19)22-15-6-7-16(21-12-15)23-10-4-3-5-11-23/h6-9,12,19H,3-5,10-11H2,1-2H3,(H,20,22). The number of hydrogen-bond acceptors (Lipinski definition) is 5. The predicted octanol–water partition coefficient (Wildman–Crippen LogP) is 3.91. The van der Waals surface area contributed by atoms with Crippen LogP contribution < -0.4 is 10.2 Å². The van der Waals surface area contributed by atoms with Crippen LogP contribution in [0.25, 0.3) is 0 Å². The maximum atomic E-state index is 7.95. The van der Waals surface area contributed by atoms with Crippen molar-refractivity contribution < 1.29 is 0 Å². The van der Waals surface area contributed by atoms with E-state index < -0.39 is 0 Å². The second-order valence-electron chi connectivity index (χ2n) is 6.05. The van der Waals surface area contributed by atoms with Crippen LogP contribution in [0.1, 0.15) is 37.3 Å². The van der Waals surface area contributed by atoms with Gasteiger partial charge >= 0.3 is 0 Å². The lowest BCUT2D eigenvalue weighted by atomic mass is 10.1. The largest absolute Gasteiger partial charge is 0.357 e. The van der Waals surface area contributed by atoms with Crippen molar-refractivity contribution in [1.82, 2.24) is 9.97 Å². The molecule has 2 N–H and O–H groups in total. The van der Waals surface area contributed by atoms with Crippen LogP contribution in [0.15, 0.2) is 30.6 Å². The van der Waals surface area contributed by atoms with Crippen LogP contribution in [0.5, 0.6) is 0 Å². The van der Waals surface area contributed by atoms with Gasteiger partial charge in [0, 0.05) is 30.6 Å². The van der Waals surface area contributed by atoms with Gasteiger partial charge in [0.2, 0.25) is 0 Å². The molecule has 1 saturated heterocycles. The Balaban J connectivity index is 1.79. The molecular formula is C18H23N5. The fraction of sp³-hybridized carbons (Fsp3) is 0.389. The van der Waals surface area contributed by atoms with E-state index in [1.165, 1.54) is 19.3 Å². The number of nitrogens with zero attached hydrogens (tertiary/aromatic N) is 3. The van der Waals surface area contributed by atoms with Crippen LogP contribution in [0.2, 0.25) is 0 Å². The van der Waals surface area contributed by atoms with Gasteiger partial charge in [0.05, 0.1) is 11.9 Å². The molecule has 5 heteroatoms. The van der Waals surface area contributed by atoms with E-state index in [-0.39, 0.29) is 0 Å². The van der Waals surface area contributed by atoms with Gasteiger partial charge in [-0.2, -0.15) is 0 Å². The normalized spacial score (nSPS) is 14.6. The number of aromatic nitrogens is 2. The third-order valence-electron chi connectivity index (χ3n) is 4.22. The molecule has 0 spiro atoms. The summed E-state index contributed by atoms with van der Waals surface area (Å²) >= 11 is 0. The zero-order valence-corrected chi connectivity index (χ0v) is 13.8. The molecule has 3 heterocycles. The zero-order chi connectivity index (χ0) is 16.2. The zero-order valence-electron chi connectivity index (χ0n) is 13.8. The maximum absolute atomic E-state index is 7.95. The summed E-state index contributed by atoms with van der Waals surface area (Å²) in [4.78, 5) is 11.3. The Morgan fingerprint density at radius 3 is 2.57 bits per heavy atom. The van der Waals surface area contributed by atoms with Gasteiger partial charge in [0.15, 0.2) is 0 Å². The quantitative estimate of drug-likeness (QED) is 0.841. The molecule has 3 rings (SSSR count). The summed E-state index contributed by atoms with van der Waals surface area (Å²) in [5.41, 5.74) is 3.31. The smallest absolute Gasteiger partial charge is 0.139 e. The highest BCUT2D eigenvalue weighted by Gasteiger charge is 2.13. The first-order valence-corrected chi connectivity index (χ1v) is 8.14. The Morgan fingerprint density at radius 1 is 1.13 bits per heavy atom. The van der Waals surface area contributed by atoms with Crippen molar-refractivity contribution in [2.24, 2.45) is 0 Å². The van der Waals surface area contributed by atoms with E-state index in [0.717, 1.165) is 35.7 Å². The molecule has 0 amide bonds. The average Bonchev–Trinajstić information content (AvgIpc) is 2.56. The van der Waals surface area contributed by atoms with Crippen molar-refractivity contribution in [1.29, 1.82) is 5.41 Å². The fourth-order valence-electron chi connectivity index (χ4n) is 3.03. The molecule has 0 aliphatic carbocycles. The molecule has 5 nitrogen and oxygen atoms in total. The van der Waals surface area contributed by atoms with Crippen molar-refractivity contribution in [3.63, 3.8) is 0 Å². The van der Waals surface area contributed by atoms with E-state index in [4.69, 9.17) is 5.41 Å². The van der Waals surface area contributed by atoms with E-state index in [1.54, 1.807) is 13.1 Å². The van der Waals surface area contributed by atoms with Crippen molar-refractivity contribution >= 4 is 23.0 Å². The minimum absolute atomic E-state index is 0.510. The first-order chi connectivity index (χ1) is 11.1. The lowest BCUT2D eigenvalue weighted by Gasteiger charge is -2.27. The average molecular weight is 309 g/mol. The first kappa shape index (κ1) is 15.5. The predicted molar refractivity (Wildman–Crippen MR) is 95.1 cm³/mol. The van der Waals surface area contributed by atoms with E-state index in [0.29, 0.717) is 11.5 Å². The molecular weight excluding hydrogens is 286 g/mol. The summed E-state index contributed by atoms with van der Waals surface area (Å²) in [6, 6.07) is 6.01. The summed E-state index contributed by atoms with van der Waals surface area (Å²) in [7, 11) is 0. The molecule has 120 valence electrons. The lowest BCUT2D eigenvalue weighted by molar-refractivity contribution is 0.573. The number of piperidine rings is 1. The van der Waals surface area contributed by atoms with Gasteiger partial charge in [-0.05, 0) is 56.9 Å². The van der Waals surface area contributed by atoms with E-state index in [2.05, 4.69) is 26.3 Å². The van der Waals surface area contributed by atoms with Crippen LogP contribution in [0.4, 0.5) is 17.3 Å². The van der Waals surface area contributed by atoms with Crippen molar-refractivity contribution in [3.05, 3.63) is 41.7 Å². The van der Waals surface area contributed by atoms with Crippen LogP contribution in [0.3, 0.4) is 0 Å². The highest BCUT2D eigenvalue weighted by Crippen LogP contribution is 2.23. The van der Waals surface area contributed by atoms with Gasteiger partial charge in [-0.1, -0.05) is 0 Å². The Hall–Kier alpha value is -2.43. The SMILES string of the molecule is CC(=N)c1c(C)ccnc1Nc1ccc(N2CCCCC2)nc1. The van der Waals surface area contributed by atoms with E-state index >= 15 is 0 Å². The topological polar surface area (TPSA) is 64.9 Å². The Labute approximate surface area is 137 Å².